The molecule has 1 unspecified atom stereocenters. The van der Waals surface area contributed by atoms with Crippen molar-refractivity contribution in [1.82, 2.24) is 4.72 Å². The molecule has 0 amide bonds. The fourth-order valence-corrected chi connectivity index (χ4v) is 3.09. The first kappa shape index (κ1) is 14.9. The van der Waals surface area contributed by atoms with Gasteiger partial charge in [-0.25, -0.2) is 13.1 Å². The Balaban J connectivity index is 3.09. The van der Waals surface area contributed by atoms with Crippen LogP contribution in [0.3, 0.4) is 0 Å². The lowest BCUT2D eigenvalue weighted by atomic mass is 10.1. The van der Waals surface area contributed by atoms with Crippen molar-refractivity contribution in [3.05, 3.63) is 23.3 Å². The molecule has 0 radical (unpaired) electrons. The lowest BCUT2D eigenvalue weighted by molar-refractivity contribution is 0.122. The number of hydrogen-bond donors (Lipinski definition) is 2. The molecule has 0 aliphatic heterocycles. The Morgan fingerprint density at radius 3 is 2.44 bits per heavy atom. The highest BCUT2D eigenvalue weighted by Crippen LogP contribution is 2.25. The minimum atomic E-state index is -3.60. The SMILES string of the molecule is COC(C)CNS(=O)(=O)c1c(C)ccc(C)c1N. The topological polar surface area (TPSA) is 81.4 Å². The van der Waals surface area contributed by atoms with Gasteiger partial charge in [0.25, 0.3) is 0 Å². The van der Waals surface area contributed by atoms with Gasteiger partial charge in [0, 0.05) is 13.7 Å². The van der Waals surface area contributed by atoms with Gasteiger partial charge >= 0.3 is 0 Å². The van der Waals surface area contributed by atoms with E-state index in [1.165, 1.54) is 7.11 Å². The van der Waals surface area contributed by atoms with Gasteiger partial charge in [-0.15, -0.1) is 0 Å². The van der Waals surface area contributed by atoms with Gasteiger partial charge in [0.2, 0.25) is 10.0 Å². The summed E-state index contributed by atoms with van der Waals surface area (Å²) in [6, 6.07) is 3.56. The third kappa shape index (κ3) is 3.22. The van der Waals surface area contributed by atoms with E-state index >= 15 is 0 Å². The fraction of sp³-hybridized carbons (Fsp3) is 0.500. The molecular formula is C12H20N2O3S. The zero-order valence-corrected chi connectivity index (χ0v) is 12.0. The average molecular weight is 272 g/mol. The molecule has 6 heteroatoms. The monoisotopic (exact) mass is 272 g/mol. The molecule has 1 atom stereocenters. The van der Waals surface area contributed by atoms with E-state index in [1.807, 2.05) is 6.07 Å². The highest BCUT2D eigenvalue weighted by atomic mass is 32.2. The van der Waals surface area contributed by atoms with E-state index in [0.717, 1.165) is 5.56 Å². The van der Waals surface area contributed by atoms with Gasteiger partial charge in [-0.3, -0.25) is 0 Å². The van der Waals surface area contributed by atoms with Crippen molar-refractivity contribution in [2.24, 2.45) is 0 Å². The Bertz CT molecular complexity index is 526. The maximum atomic E-state index is 12.2. The molecule has 3 N–H and O–H groups in total. The quantitative estimate of drug-likeness (QED) is 0.789. The number of hydrogen-bond acceptors (Lipinski definition) is 4. The Kier molecular flexibility index (Phi) is 4.72. The number of ether oxygens (including phenoxy) is 1. The zero-order valence-electron chi connectivity index (χ0n) is 11.1. The number of nitrogens with two attached hydrogens (primary N) is 1. The number of benzene rings is 1. The summed E-state index contributed by atoms with van der Waals surface area (Å²) in [6.45, 7) is 5.51. The van der Waals surface area contributed by atoms with Gasteiger partial charge in [0.05, 0.1) is 11.8 Å². The third-order valence-electron chi connectivity index (χ3n) is 2.84. The standard InChI is InChI=1S/C12H20N2O3S/c1-8-5-6-9(2)12(11(8)13)18(15,16)14-7-10(3)17-4/h5-6,10,14H,7,13H2,1-4H3. The van der Waals surface area contributed by atoms with Crippen molar-refractivity contribution >= 4 is 15.7 Å². The maximum Gasteiger partial charge on any atom is 0.242 e. The van der Waals surface area contributed by atoms with E-state index in [1.54, 1.807) is 26.8 Å². The second-order valence-electron chi connectivity index (χ2n) is 4.34. The predicted molar refractivity (Wildman–Crippen MR) is 72.0 cm³/mol. The summed E-state index contributed by atoms with van der Waals surface area (Å²) in [5.41, 5.74) is 7.54. The van der Waals surface area contributed by atoms with Crippen LogP contribution in [0.2, 0.25) is 0 Å². The van der Waals surface area contributed by atoms with Crippen LogP contribution in [0.5, 0.6) is 0 Å². The molecule has 0 spiro atoms. The number of rotatable bonds is 5. The van der Waals surface area contributed by atoms with E-state index in [-0.39, 0.29) is 17.5 Å². The van der Waals surface area contributed by atoms with Gasteiger partial charge in [-0.05, 0) is 31.9 Å². The molecule has 1 rings (SSSR count). The minimum Gasteiger partial charge on any atom is -0.397 e. The van der Waals surface area contributed by atoms with Gasteiger partial charge in [0.1, 0.15) is 4.90 Å². The molecule has 1 aromatic carbocycles. The van der Waals surface area contributed by atoms with E-state index in [2.05, 4.69) is 4.72 Å². The lowest BCUT2D eigenvalue weighted by Gasteiger charge is -2.15. The summed E-state index contributed by atoms with van der Waals surface area (Å²) in [5, 5.41) is 0. The zero-order chi connectivity index (χ0) is 13.9. The number of sulfonamides is 1. The maximum absolute atomic E-state index is 12.2. The Labute approximate surface area is 108 Å². The molecule has 0 fully saturated rings. The average Bonchev–Trinajstić information content (AvgIpc) is 2.31. The molecule has 0 aliphatic carbocycles. The summed E-state index contributed by atoms with van der Waals surface area (Å²) in [6.07, 6.45) is -0.189. The second kappa shape index (κ2) is 5.69. The summed E-state index contributed by atoms with van der Waals surface area (Å²) >= 11 is 0. The van der Waals surface area contributed by atoms with E-state index < -0.39 is 10.0 Å². The van der Waals surface area contributed by atoms with Crippen molar-refractivity contribution in [3.8, 4) is 0 Å². The second-order valence-corrected chi connectivity index (χ2v) is 6.04. The van der Waals surface area contributed by atoms with Gasteiger partial charge in [0.15, 0.2) is 0 Å². The first-order valence-electron chi connectivity index (χ1n) is 5.67. The van der Waals surface area contributed by atoms with Crippen LogP contribution in [0.4, 0.5) is 5.69 Å². The van der Waals surface area contributed by atoms with Gasteiger partial charge < -0.3 is 10.5 Å². The Morgan fingerprint density at radius 2 is 1.89 bits per heavy atom. The molecule has 5 nitrogen and oxygen atoms in total. The largest absolute Gasteiger partial charge is 0.397 e. The molecule has 1 aromatic rings. The first-order valence-corrected chi connectivity index (χ1v) is 7.16. The molecule has 0 heterocycles. The van der Waals surface area contributed by atoms with Gasteiger partial charge in [-0.2, -0.15) is 0 Å². The molecule has 0 aliphatic rings. The van der Waals surface area contributed by atoms with Crippen LogP contribution in [0.1, 0.15) is 18.1 Å². The molecule has 0 bridgehead atoms. The molecule has 0 aromatic heterocycles. The number of aryl methyl sites for hydroxylation is 2. The Hall–Kier alpha value is -1.11. The van der Waals surface area contributed by atoms with E-state index in [9.17, 15) is 8.42 Å². The van der Waals surface area contributed by atoms with Crippen LogP contribution in [0, 0.1) is 13.8 Å². The number of methoxy groups -OCH3 is 1. The first-order chi connectivity index (χ1) is 8.29. The van der Waals surface area contributed by atoms with Crippen LogP contribution in [0.25, 0.3) is 0 Å². The highest BCUT2D eigenvalue weighted by molar-refractivity contribution is 7.89. The van der Waals surface area contributed by atoms with Crippen LogP contribution in [0.15, 0.2) is 17.0 Å². The van der Waals surface area contributed by atoms with Crippen LogP contribution in [-0.4, -0.2) is 28.2 Å². The predicted octanol–water partition coefficient (Wildman–Crippen LogP) is 1.20. The molecular weight excluding hydrogens is 252 g/mol. The summed E-state index contributed by atoms with van der Waals surface area (Å²) in [5.74, 6) is 0. The van der Waals surface area contributed by atoms with Crippen molar-refractivity contribution in [1.29, 1.82) is 0 Å². The van der Waals surface area contributed by atoms with Crippen molar-refractivity contribution in [2.75, 3.05) is 19.4 Å². The summed E-state index contributed by atoms with van der Waals surface area (Å²) in [7, 11) is -2.07. The van der Waals surface area contributed by atoms with Crippen LogP contribution < -0.4 is 10.5 Å². The third-order valence-corrected chi connectivity index (χ3v) is 4.47. The van der Waals surface area contributed by atoms with Crippen LogP contribution >= 0.6 is 0 Å². The number of nitrogens with one attached hydrogen (secondary N) is 1. The van der Waals surface area contributed by atoms with Crippen molar-refractivity contribution < 1.29 is 13.2 Å². The molecule has 0 saturated carbocycles. The normalized spacial score (nSPS) is 13.6. The van der Waals surface area contributed by atoms with Crippen molar-refractivity contribution in [3.63, 3.8) is 0 Å². The van der Waals surface area contributed by atoms with E-state index in [4.69, 9.17) is 10.5 Å². The lowest BCUT2D eigenvalue weighted by Crippen LogP contribution is -2.32. The smallest absolute Gasteiger partial charge is 0.242 e. The number of nitrogen functional groups attached to an aromatic ring is 1. The minimum absolute atomic E-state index is 0.158. The fourth-order valence-electron chi connectivity index (χ4n) is 1.55. The van der Waals surface area contributed by atoms with Crippen molar-refractivity contribution in [2.45, 2.75) is 31.8 Å². The molecule has 102 valence electrons. The molecule has 18 heavy (non-hydrogen) atoms. The van der Waals surface area contributed by atoms with E-state index in [0.29, 0.717) is 11.3 Å². The van der Waals surface area contributed by atoms with Crippen LogP contribution in [-0.2, 0) is 14.8 Å². The molecule has 0 saturated heterocycles. The Morgan fingerprint density at radius 1 is 1.33 bits per heavy atom. The number of anilines is 1. The highest BCUT2D eigenvalue weighted by Gasteiger charge is 2.21. The summed E-state index contributed by atoms with van der Waals surface area (Å²) < 4.78 is 31.9. The summed E-state index contributed by atoms with van der Waals surface area (Å²) in [4.78, 5) is 0.158. The van der Waals surface area contributed by atoms with Gasteiger partial charge in [-0.1, -0.05) is 12.1 Å².